The zero-order chi connectivity index (χ0) is 31.8. The normalized spacial score (nSPS) is 19.4. The highest BCUT2D eigenvalue weighted by atomic mass is 31.2. The summed E-state index contributed by atoms with van der Waals surface area (Å²) in [6.45, 7) is 5.22. The summed E-state index contributed by atoms with van der Waals surface area (Å²) < 4.78 is 49.5. The summed E-state index contributed by atoms with van der Waals surface area (Å²) in [5.41, 5.74) is -0.905. The number of allylic oxidation sites excluding steroid dienone is 1. The van der Waals surface area contributed by atoms with Crippen molar-refractivity contribution in [2.75, 3.05) is 32.9 Å². The van der Waals surface area contributed by atoms with E-state index in [1.54, 1.807) is 0 Å². The fourth-order valence-corrected chi connectivity index (χ4v) is 5.86. The Morgan fingerprint density at radius 3 is 2.58 bits per heavy atom. The number of nitriles is 1. The highest BCUT2D eigenvalue weighted by molar-refractivity contribution is 7.46. The van der Waals surface area contributed by atoms with E-state index in [1.165, 1.54) is 22.9 Å². The summed E-state index contributed by atoms with van der Waals surface area (Å²) in [6.07, 6.45) is 4.48. The number of aromatic nitrogens is 2. The van der Waals surface area contributed by atoms with Gasteiger partial charge in [0.25, 0.3) is 5.56 Å². The first kappa shape index (κ1) is 36.3. The minimum absolute atomic E-state index is 0.0256. The molecule has 0 spiro atoms. The second-order valence-corrected chi connectivity index (χ2v) is 11.7. The molecule has 1 aromatic heterocycles. The molecule has 0 saturated heterocycles. The van der Waals surface area contributed by atoms with E-state index in [1.807, 2.05) is 18.1 Å². The average molecular weight is 632 g/mol. The molecule has 2 rings (SSSR count). The van der Waals surface area contributed by atoms with E-state index in [-0.39, 0.29) is 48.8 Å². The molecule has 4 unspecified atom stereocenters. The highest BCUT2D eigenvalue weighted by Crippen LogP contribution is 2.45. The number of carbonyl (C=O) groups excluding carboxylic acids is 2. The lowest BCUT2D eigenvalue weighted by Crippen LogP contribution is -2.37. The van der Waals surface area contributed by atoms with Gasteiger partial charge < -0.3 is 19.7 Å². The third-order valence-electron chi connectivity index (χ3n) is 7.11. The summed E-state index contributed by atoms with van der Waals surface area (Å²) in [5, 5.41) is 13.6. The van der Waals surface area contributed by atoms with Gasteiger partial charge in [-0.05, 0) is 50.3 Å². The van der Waals surface area contributed by atoms with Crippen LogP contribution >= 0.6 is 8.38 Å². The molecule has 43 heavy (non-hydrogen) atoms. The average Bonchev–Trinajstić information content (AvgIpc) is 3.35. The SMILES string of the molecule is CCC1CC(n2cc(/C=C/C(=O)CCNCCCCCCNC(=O)C(F)(F)F)c(=O)[nH]c2=O)CC1OP(C)OCCC#N. The van der Waals surface area contributed by atoms with Gasteiger partial charge in [-0.1, -0.05) is 26.2 Å². The van der Waals surface area contributed by atoms with Crippen molar-refractivity contribution in [2.24, 2.45) is 5.92 Å². The number of nitrogens with one attached hydrogen (secondary N) is 3. The van der Waals surface area contributed by atoms with Crippen LogP contribution in [0.5, 0.6) is 0 Å². The van der Waals surface area contributed by atoms with Crippen molar-refractivity contribution < 1.29 is 31.8 Å². The Morgan fingerprint density at radius 2 is 1.91 bits per heavy atom. The van der Waals surface area contributed by atoms with Gasteiger partial charge in [-0.3, -0.25) is 23.9 Å². The number of alkyl halides is 3. The smallest absolute Gasteiger partial charge is 0.348 e. The Morgan fingerprint density at radius 1 is 1.19 bits per heavy atom. The lowest BCUT2D eigenvalue weighted by atomic mass is 10.0. The molecular formula is C28H41F3N5O6P. The van der Waals surface area contributed by atoms with Crippen molar-refractivity contribution in [1.29, 1.82) is 5.26 Å². The number of nitrogens with zero attached hydrogens (tertiary/aromatic N) is 2. The predicted molar refractivity (Wildman–Crippen MR) is 156 cm³/mol. The number of carbonyl (C=O) groups is 2. The van der Waals surface area contributed by atoms with Crippen molar-refractivity contribution in [1.82, 2.24) is 20.2 Å². The van der Waals surface area contributed by atoms with Gasteiger partial charge in [-0.2, -0.15) is 18.4 Å². The minimum atomic E-state index is -4.86. The van der Waals surface area contributed by atoms with Crippen LogP contribution < -0.4 is 21.9 Å². The Kier molecular flexibility index (Phi) is 15.8. The molecule has 15 heteroatoms. The number of hydrogen-bond acceptors (Lipinski definition) is 8. The van der Waals surface area contributed by atoms with Crippen LogP contribution in [0.15, 0.2) is 21.9 Å². The molecule has 1 fully saturated rings. The van der Waals surface area contributed by atoms with E-state index in [0.717, 1.165) is 19.3 Å². The second kappa shape index (κ2) is 18.7. The molecule has 3 N–H and O–H groups in total. The summed E-state index contributed by atoms with van der Waals surface area (Å²) in [5.74, 6) is -1.92. The van der Waals surface area contributed by atoms with Crippen molar-refractivity contribution >= 4 is 26.1 Å². The molecule has 0 bridgehead atoms. The molecule has 0 aromatic carbocycles. The second-order valence-electron chi connectivity index (χ2n) is 10.3. The van der Waals surface area contributed by atoms with Crippen LogP contribution in [0.25, 0.3) is 6.08 Å². The van der Waals surface area contributed by atoms with Crippen molar-refractivity contribution in [3.8, 4) is 6.07 Å². The molecule has 1 aromatic rings. The number of ketones is 1. The van der Waals surface area contributed by atoms with Crippen LogP contribution in [-0.4, -0.2) is 66.4 Å². The van der Waals surface area contributed by atoms with Gasteiger partial charge in [0, 0.05) is 38.4 Å². The van der Waals surface area contributed by atoms with Gasteiger partial charge in [0.15, 0.2) is 14.2 Å². The first-order chi connectivity index (χ1) is 20.5. The number of hydrogen-bond donors (Lipinski definition) is 3. The summed E-state index contributed by atoms with van der Waals surface area (Å²) >= 11 is 0. The van der Waals surface area contributed by atoms with Crippen molar-refractivity contribution in [2.45, 2.75) is 83.0 Å². The fraction of sp³-hybridized carbons (Fsp3) is 0.679. The molecule has 1 aliphatic rings. The van der Waals surface area contributed by atoms with E-state index in [2.05, 4.69) is 17.2 Å². The number of aromatic amines is 1. The molecule has 1 heterocycles. The van der Waals surface area contributed by atoms with Crippen LogP contribution in [0.2, 0.25) is 0 Å². The zero-order valence-corrected chi connectivity index (χ0v) is 25.5. The Bertz CT molecular complexity index is 1230. The molecule has 4 atom stereocenters. The topological polar surface area (TPSA) is 155 Å². The maximum atomic E-state index is 12.6. The van der Waals surface area contributed by atoms with E-state index < -0.39 is 31.7 Å². The number of halogens is 3. The van der Waals surface area contributed by atoms with E-state index in [0.29, 0.717) is 45.4 Å². The quantitative estimate of drug-likeness (QED) is 0.118. The Labute approximate surface area is 250 Å². The highest BCUT2D eigenvalue weighted by Gasteiger charge is 2.38. The van der Waals surface area contributed by atoms with Gasteiger partial charge in [0.1, 0.15) is 0 Å². The molecule has 1 aliphatic carbocycles. The minimum Gasteiger partial charge on any atom is -0.348 e. The van der Waals surface area contributed by atoms with Gasteiger partial charge in [0.2, 0.25) is 0 Å². The van der Waals surface area contributed by atoms with Crippen LogP contribution in [0.4, 0.5) is 13.2 Å². The maximum Gasteiger partial charge on any atom is 0.471 e. The van der Waals surface area contributed by atoms with E-state index in [9.17, 15) is 32.3 Å². The zero-order valence-electron chi connectivity index (χ0n) is 24.6. The first-order valence-corrected chi connectivity index (χ1v) is 16.1. The standard InChI is InChI=1S/C28H41F3N5O6P/c1-3-20-17-22(18-24(20)42-43(2)41-16-8-12-32)36-19-21(25(38)35-27(36)40)9-10-23(37)11-15-33-13-6-4-5-7-14-34-26(39)28(29,30)31/h9-10,19-20,22,24,33H,3-8,11,13-18H2,1-2H3,(H,34,39)(H,35,38,40)/b10-9+. The van der Waals surface area contributed by atoms with Crippen LogP contribution in [0, 0.1) is 17.2 Å². The van der Waals surface area contributed by atoms with Crippen molar-refractivity contribution in [3.63, 3.8) is 0 Å². The molecule has 0 aliphatic heterocycles. The van der Waals surface area contributed by atoms with Gasteiger partial charge in [0.05, 0.1) is 30.8 Å². The third kappa shape index (κ3) is 13.1. The Hall–Kier alpha value is -2.85. The van der Waals surface area contributed by atoms with Gasteiger partial charge >= 0.3 is 17.8 Å². The molecule has 1 amide bonds. The maximum absolute atomic E-state index is 12.6. The summed E-state index contributed by atoms with van der Waals surface area (Å²) in [4.78, 5) is 50.4. The lowest BCUT2D eigenvalue weighted by Gasteiger charge is -2.22. The number of amides is 1. The summed E-state index contributed by atoms with van der Waals surface area (Å²) in [6, 6.07) is 1.84. The van der Waals surface area contributed by atoms with Gasteiger partial charge in [-0.15, -0.1) is 0 Å². The summed E-state index contributed by atoms with van der Waals surface area (Å²) in [7, 11) is -1.17. The van der Waals surface area contributed by atoms with Gasteiger partial charge in [-0.25, -0.2) is 4.79 Å². The van der Waals surface area contributed by atoms with Crippen LogP contribution in [0.1, 0.15) is 76.3 Å². The van der Waals surface area contributed by atoms with Crippen LogP contribution in [-0.2, 0) is 18.6 Å². The molecule has 11 nitrogen and oxygen atoms in total. The molecule has 1 saturated carbocycles. The first-order valence-electron chi connectivity index (χ1n) is 14.5. The van der Waals surface area contributed by atoms with Crippen LogP contribution in [0.3, 0.4) is 0 Å². The predicted octanol–water partition coefficient (Wildman–Crippen LogP) is 3.96. The molecule has 0 radical (unpaired) electrons. The number of rotatable bonds is 19. The number of H-pyrrole nitrogens is 1. The number of unbranched alkanes of at least 4 members (excludes halogenated alkanes) is 3. The molecular weight excluding hydrogens is 590 g/mol. The fourth-order valence-electron chi connectivity index (χ4n) is 4.81. The monoisotopic (exact) mass is 631 g/mol. The Balaban J connectivity index is 1.78. The van der Waals surface area contributed by atoms with E-state index in [4.69, 9.17) is 14.3 Å². The third-order valence-corrected chi connectivity index (χ3v) is 8.22. The molecule has 240 valence electrons. The largest absolute Gasteiger partial charge is 0.471 e. The van der Waals surface area contributed by atoms with Crippen molar-refractivity contribution in [3.05, 3.63) is 38.7 Å². The van der Waals surface area contributed by atoms with E-state index >= 15 is 0 Å². The lowest BCUT2D eigenvalue weighted by molar-refractivity contribution is -0.173.